The van der Waals surface area contributed by atoms with E-state index in [0.29, 0.717) is 0 Å². The predicted octanol–water partition coefficient (Wildman–Crippen LogP) is 4.26. The van der Waals surface area contributed by atoms with E-state index in [1.165, 1.54) is 0 Å². The van der Waals surface area contributed by atoms with Crippen molar-refractivity contribution in [3.05, 3.63) is 35.5 Å². The van der Waals surface area contributed by atoms with Gasteiger partial charge in [-0.15, -0.1) is 0 Å². The SMILES string of the molecule is CCCCc1c(CO)c2ccccc2n1C(=O)OC(C)(C)C. The van der Waals surface area contributed by atoms with Crippen LogP contribution in [0.2, 0.25) is 0 Å². The molecule has 0 saturated heterocycles. The fourth-order valence-corrected chi connectivity index (χ4v) is 2.66. The molecule has 0 amide bonds. The van der Waals surface area contributed by atoms with Crippen molar-refractivity contribution < 1.29 is 14.6 Å². The average Bonchev–Trinajstić information content (AvgIpc) is 2.76. The van der Waals surface area contributed by atoms with E-state index in [0.717, 1.165) is 41.4 Å². The van der Waals surface area contributed by atoms with Crippen molar-refractivity contribution >= 4 is 17.0 Å². The molecule has 1 N–H and O–H groups in total. The van der Waals surface area contributed by atoms with E-state index >= 15 is 0 Å². The Hall–Kier alpha value is -1.81. The molecule has 0 aliphatic carbocycles. The highest BCUT2D eigenvalue weighted by Gasteiger charge is 2.24. The lowest BCUT2D eigenvalue weighted by atomic mass is 10.1. The lowest BCUT2D eigenvalue weighted by molar-refractivity contribution is 0.0539. The molecule has 2 aromatic rings. The summed E-state index contributed by atoms with van der Waals surface area (Å²) in [4.78, 5) is 12.6. The van der Waals surface area contributed by atoms with Crippen molar-refractivity contribution in [3.8, 4) is 0 Å². The molecule has 1 aromatic carbocycles. The predicted molar refractivity (Wildman–Crippen MR) is 88.1 cm³/mol. The van der Waals surface area contributed by atoms with Gasteiger partial charge in [-0.25, -0.2) is 9.36 Å². The van der Waals surface area contributed by atoms with Gasteiger partial charge in [-0.1, -0.05) is 31.5 Å². The molecule has 0 bridgehead atoms. The van der Waals surface area contributed by atoms with E-state index in [4.69, 9.17) is 4.74 Å². The van der Waals surface area contributed by atoms with E-state index in [2.05, 4.69) is 6.92 Å². The Morgan fingerprint density at radius 1 is 1.27 bits per heavy atom. The molecule has 4 heteroatoms. The molecule has 4 nitrogen and oxygen atoms in total. The van der Waals surface area contributed by atoms with Gasteiger partial charge >= 0.3 is 6.09 Å². The third kappa shape index (κ3) is 3.33. The minimum Gasteiger partial charge on any atom is -0.443 e. The van der Waals surface area contributed by atoms with Crippen molar-refractivity contribution in [2.75, 3.05) is 0 Å². The second-order valence-electron chi connectivity index (χ2n) is 6.52. The summed E-state index contributed by atoms with van der Waals surface area (Å²) < 4.78 is 7.18. The number of hydrogen-bond acceptors (Lipinski definition) is 3. The number of unbranched alkanes of at least 4 members (excludes halogenated alkanes) is 1. The molecule has 1 heterocycles. The first-order valence-corrected chi connectivity index (χ1v) is 7.84. The smallest absolute Gasteiger partial charge is 0.419 e. The first kappa shape index (κ1) is 16.6. The van der Waals surface area contributed by atoms with Crippen molar-refractivity contribution in [2.45, 2.75) is 59.2 Å². The fraction of sp³-hybridized carbons (Fsp3) is 0.500. The fourth-order valence-electron chi connectivity index (χ4n) is 2.66. The summed E-state index contributed by atoms with van der Waals surface area (Å²) in [6, 6.07) is 7.66. The molecular formula is C18H25NO3. The number of carbonyl (C=O) groups excluding carboxylic acids is 1. The molecule has 0 radical (unpaired) electrons. The molecule has 120 valence electrons. The maximum atomic E-state index is 12.6. The van der Waals surface area contributed by atoms with Gasteiger partial charge in [-0.05, 0) is 39.7 Å². The molecule has 0 unspecified atom stereocenters. The van der Waals surface area contributed by atoms with Crippen LogP contribution in [0, 0.1) is 0 Å². The minimum absolute atomic E-state index is 0.0740. The van der Waals surface area contributed by atoms with Crippen LogP contribution in [0.15, 0.2) is 24.3 Å². The molecular weight excluding hydrogens is 278 g/mol. The van der Waals surface area contributed by atoms with Crippen molar-refractivity contribution in [3.63, 3.8) is 0 Å². The van der Waals surface area contributed by atoms with E-state index in [-0.39, 0.29) is 12.7 Å². The largest absolute Gasteiger partial charge is 0.443 e. The number of fused-ring (bicyclic) bond motifs is 1. The van der Waals surface area contributed by atoms with Crippen LogP contribution in [0.1, 0.15) is 51.8 Å². The monoisotopic (exact) mass is 303 g/mol. The second kappa shape index (κ2) is 6.53. The maximum absolute atomic E-state index is 12.6. The van der Waals surface area contributed by atoms with E-state index in [1.807, 2.05) is 45.0 Å². The third-order valence-electron chi connectivity index (χ3n) is 3.59. The van der Waals surface area contributed by atoms with Crippen LogP contribution in [-0.2, 0) is 17.8 Å². The molecule has 0 atom stereocenters. The summed E-state index contributed by atoms with van der Waals surface area (Å²) in [6.07, 6.45) is 2.36. The normalized spacial score (nSPS) is 11.9. The number of ether oxygens (including phenoxy) is 1. The van der Waals surface area contributed by atoms with Gasteiger partial charge in [-0.3, -0.25) is 0 Å². The number of rotatable bonds is 4. The first-order chi connectivity index (χ1) is 10.4. The molecule has 22 heavy (non-hydrogen) atoms. The summed E-state index contributed by atoms with van der Waals surface area (Å²) >= 11 is 0. The topological polar surface area (TPSA) is 51.5 Å². The van der Waals surface area contributed by atoms with Gasteiger partial charge in [0, 0.05) is 16.6 Å². The van der Waals surface area contributed by atoms with Gasteiger partial charge in [0.15, 0.2) is 0 Å². The van der Waals surface area contributed by atoms with Crippen LogP contribution in [0.4, 0.5) is 4.79 Å². The lowest BCUT2D eigenvalue weighted by Gasteiger charge is -2.21. The number of aromatic nitrogens is 1. The quantitative estimate of drug-likeness (QED) is 0.918. The Kier molecular flexibility index (Phi) is 4.91. The Morgan fingerprint density at radius 2 is 1.95 bits per heavy atom. The Labute approximate surface area is 131 Å². The molecule has 0 aliphatic heterocycles. The van der Waals surface area contributed by atoms with Crippen LogP contribution in [-0.4, -0.2) is 21.4 Å². The summed E-state index contributed by atoms with van der Waals surface area (Å²) in [5.74, 6) is 0. The van der Waals surface area contributed by atoms with Crippen molar-refractivity contribution in [1.29, 1.82) is 0 Å². The van der Waals surface area contributed by atoms with Crippen molar-refractivity contribution in [2.24, 2.45) is 0 Å². The Morgan fingerprint density at radius 3 is 2.55 bits per heavy atom. The van der Waals surface area contributed by atoms with Crippen LogP contribution < -0.4 is 0 Å². The highest BCUT2D eigenvalue weighted by Crippen LogP contribution is 2.28. The average molecular weight is 303 g/mol. The molecule has 1 aromatic heterocycles. The van der Waals surface area contributed by atoms with Gasteiger partial charge in [0.25, 0.3) is 0 Å². The lowest BCUT2D eigenvalue weighted by Crippen LogP contribution is -2.28. The zero-order chi connectivity index (χ0) is 16.3. The minimum atomic E-state index is -0.552. The number of aliphatic hydroxyl groups is 1. The molecule has 0 saturated carbocycles. The zero-order valence-corrected chi connectivity index (χ0v) is 13.8. The number of aliphatic hydroxyl groups excluding tert-OH is 1. The summed E-state index contributed by atoms with van der Waals surface area (Å²) in [7, 11) is 0. The van der Waals surface area contributed by atoms with Crippen LogP contribution in [0.25, 0.3) is 10.9 Å². The Bertz CT molecular complexity index is 665. The Balaban J connectivity index is 2.61. The molecule has 0 fully saturated rings. The summed E-state index contributed by atoms with van der Waals surface area (Å²) in [6.45, 7) is 7.61. The van der Waals surface area contributed by atoms with Gasteiger partial charge in [0.2, 0.25) is 0 Å². The van der Waals surface area contributed by atoms with E-state index in [1.54, 1.807) is 4.57 Å². The highest BCUT2D eigenvalue weighted by molar-refractivity contribution is 5.93. The summed E-state index contributed by atoms with van der Waals surface area (Å²) in [5.41, 5.74) is 1.94. The van der Waals surface area contributed by atoms with Gasteiger partial charge in [0.1, 0.15) is 5.60 Å². The van der Waals surface area contributed by atoms with Crippen LogP contribution in [0.5, 0.6) is 0 Å². The number of carbonyl (C=O) groups is 1. The van der Waals surface area contributed by atoms with Crippen LogP contribution >= 0.6 is 0 Å². The third-order valence-corrected chi connectivity index (χ3v) is 3.59. The zero-order valence-electron chi connectivity index (χ0n) is 13.8. The second-order valence-corrected chi connectivity index (χ2v) is 6.52. The standard InChI is InChI=1S/C18H25NO3/c1-5-6-10-16-14(12-20)13-9-7-8-11-15(13)19(16)17(21)22-18(2,3)4/h7-9,11,20H,5-6,10,12H2,1-4H3. The van der Waals surface area contributed by atoms with Crippen LogP contribution in [0.3, 0.4) is 0 Å². The molecule has 0 spiro atoms. The number of para-hydroxylation sites is 1. The van der Waals surface area contributed by atoms with Gasteiger partial charge < -0.3 is 9.84 Å². The number of hydrogen-bond donors (Lipinski definition) is 1. The molecule has 2 rings (SSSR count). The maximum Gasteiger partial charge on any atom is 0.419 e. The van der Waals surface area contributed by atoms with Crippen molar-refractivity contribution in [1.82, 2.24) is 4.57 Å². The molecule has 0 aliphatic rings. The van der Waals surface area contributed by atoms with Gasteiger partial charge in [-0.2, -0.15) is 0 Å². The van der Waals surface area contributed by atoms with E-state index < -0.39 is 5.60 Å². The number of nitrogens with zero attached hydrogens (tertiary/aromatic N) is 1. The highest BCUT2D eigenvalue weighted by atomic mass is 16.6. The number of benzene rings is 1. The first-order valence-electron chi connectivity index (χ1n) is 7.84. The summed E-state index contributed by atoms with van der Waals surface area (Å²) in [5, 5.41) is 10.7. The van der Waals surface area contributed by atoms with Gasteiger partial charge in [0.05, 0.1) is 12.1 Å². The van der Waals surface area contributed by atoms with E-state index in [9.17, 15) is 9.90 Å².